The largest absolute Gasteiger partial charge is 0.480 e. The molecule has 0 radical (unpaired) electrons. The standard InChI is InChI=1S/2C3H7N3O2.H3O4P/c2*4-3(5)6-1-2(7)8;1-5(2,3)4/h2*1H2,(H,7,8)(H4,4,5,6);(H3,1,2,3,4). The Balaban J connectivity index is -0.000000239. The molecule has 13 N–H and O–H groups in total. The number of carboxylic acids is 2. The Labute approximate surface area is 118 Å². The number of hydrogen-bond acceptors (Lipinski definition) is 5. The van der Waals surface area contributed by atoms with Gasteiger partial charge in [-0.3, -0.25) is 20.4 Å². The van der Waals surface area contributed by atoms with Gasteiger partial charge in [0.1, 0.15) is 13.1 Å². The molecule has 0 rings (SSSR count). The maximum absolute atomic E-state index is 9.69. The van der Waals surface area contributed by atoms with Crippen molar-refractivity contribution in [3.63, 3.8) is 0 Å². The molecule has 124 valence electrons. The van der Waals surface area contributed by atoms with E-state index >= 15 is 0 Å². The average Bonchev–Trinajstić information content (AvgIpc) is 2.22. The Morgan fingerprint density at radius 2 is 1.10 bits per heavy atom. The zero-order valence-corrected chi connectivity index (χ0v) is 11.4. The van der Waals surface area contributed by atoms with Crippen molar-refractivity contribution < 1.29 is 39.0 Å². The number of nitrogens with two attached hydrogens (primary N) is 2. The van der Waals surface area contributed by atoms with Gasteiger partial charge in [0, 0.05) is 0 Å². The summed E-state index contributed by atoms with van der Waals surface area (Å²) < 4.78 is 8.88. The summed E-state index contributed by atoms with van der Waals surface area (Å²) in [6.07, 6.45) is 0. The SMILES string of the molecule is N=C(N)NCC(=O)O.N=C(N)NCC(=O)O.O=P(O)(O)O. The summed E-state index contributed by atoms with van der Waals surface area (Å²) >= 11 is 0. The van der Waals surface area contributed by atoms with Crippen molar-refractivity contribution in [1.29, 1.82) is 10.8 Å². The Morgan fingerprint density at radius 3 is 1.14 bits per heavy atom. The van der Waals surface area contributed by atoms with Gasteiger partial charge in [-0.1, -0.05) is 0 Å². The van der Waals surface area contributed by atoms with Crippen molar-refractivity contribution in [3.05, 3.63) is 0 Å². The van der Waals surface area contributed by atoms with Crippen LogP contribution in [0.2, 0.25) is 0 Å². The zero-order chi connectivity index (χ0) is 17.6. The number of hydrogen-bond donors (Lipinski definition) is 11. The van der Waals surface area contributed by atoms with Gasteiger partial charge in [0.2, 0.25) is 0 Å². The van der Waals surface area contributed by atoms with Crippen molar-refractivity contribution in [2.45, 2.75) is 0 Å². The fourth-order valence-corrected chi connectivity index (χ4v) is 0.342. The van der Waals surface area contributed by atoms with Crippen molar-refractivity contribution in [2.75, 3.05) is 13.1 Å². The second kappa shape index (κ2) is 12.6. The van der Waals surface area contributed by atoms with E-state index in [1.54, 1.807) is 0 Å². The Bertz CT molecular complexity index is 344. The van der Waals surface area contributed by atoms with Crippen molar-refractivity contribution >= 4 is 31.7 Å². The lowest BCUT2D eigenvalue weighted by atomic mass is 10.6. The second-order valence-electron chi connectivity index (χ2n) is 2.84. The molecule has 15 heteroatoms. The summed E-state index contributed by atoms with van der Waals surface area (Å²) in [7, 11) is -4.64. The van der Waals surface area contributed by atoms with Crippen molar-refractivity contribution in [3.8, 4) is 0 Å². The Kier molecular flexibility index (Phi) is 14.2. The van der Waals surface area contributed by atoms with Gasteiger partial charge in [-0.15, -0.1) is 0 Å². The third kappa shape index (κ3) is 74.2. The van der Waals surface area contributed by atoms with E-state index in [0.29, 0.717) is 0 Å². The lowest BCUT2D eigenvalue weighted by Gasteiger charge is -1.95. The molecule has 14 nitrogen and oxygen atoms in total. The highest BCUT2D eigenvalue weighted by atomic mass is 31.2. The first-order chi connectivity index (χ1) is 9.25. The lowest BCUT2D eigenvalue weighted by Crippen LogP contribution is -2.34. The van der Waals surface area contributed by atoms with E-state index in [2.05, 4.69) is 10.6 Å². The first kappa shape index (κ1) is 23.7. The normalized spacial score (nSPS) is 8.90. The number of aliphatic carboxylic acids is 2. The second-order valence-corrected chi connectivity index (χ2v) is 3.86. The molecule has 0 atom stereocenters. The van der Waals surface area contributed by atoms with Gasteiger partial charge < -0.3 is 47.0 Å². The number of phosphoric acid groups is 1. The van der Waals surface area contributed by atoms with Crippen LogP contribution in [0.1, 0.15) is 0 Å². The summed E-state index contributed by atoms with van der Waals surface area (Å²) in [4.78, 5) is 40.9. The molecular formula is C6H17N6O8P. The Hall–Kier alpha value is -2.41. The molecule has 0 aromatic rings. The topological polar surface area (TPSA) is 276 Å². The molecule has 0 aromatic carbocycles. The van der Waals surface area contributed by atoms with E-state index in [4.69, 9.17) is 51.7 Å². The van der Waals surface area contributed by atoms with Gasteiger partial charge >= 0.3 is 19.8 Å². The summed E-state index contributed by atoms with van der Waals surface area (Å²) in [5, 5.41) is 33.1. The number of guanidine groups is 2. The maximum atomic E-state index is 9.69. The fourth-order valence-electron chi connectivity index (χ4n) is 0.342. The molecule has 0 spiro atoms. The molecule has 0 saturated heterocycles. The van der Waals surface area contributed by atoms with Crippen LogP contribution in [0.4, 0.5) is 0 Å². The van der Waals surface area contributed by atoms with E-state index in [-0.39, 0.29) is 25.0 Å². The van der Waals surface area contributed by atoms with E-state index in [0.717, 1.165) is 0 Å². The minimum Gasteiger partial charge on any atom is -0.480 e. The first-order valence-electron chi connectivity index (χ1n) is 4.63. The third-order valence-corrected chi connectivity index (χ3v) is 0.860. The van der Waals surface area contributed by atoms with Gasteiger partial charge in [0.15, 0.2) is 11.9 Å². The van der Waals surface area contributed by atoms with Gasteiger partial charge in [0.05, 0.1) is 0 Å². The molecule has 0 fully saturated rings. The van der Waals surface area contributed by atoms with Crippen LogP contribution in [0.3, 0.4) is 0 Å². The molecule has 0 aromatic heterocycles. The molecule has 0 amide bonds. The number of carbonyl (C=O) groups is 2. The van der Waals surface area contributed by atoms with Crippen LogP contribution >= 0.6 is 7.82 Å². The summed E-state index contributed by atoms with van der Waals surface area (Å²) in [5.41, 5.74) is 9.50. The molecule has 0 aliphatic rings. The minimum absolute atomic E-state index is 0.296. The molecule has 0 aliphatic carbocycles. The molecule has 0 aliphatic heterocycles. The van der Waals surface area contributed by atoms with E-state index in [9.17, 15) is 9.59 Å². The average molecular weight is 332 g/mol. The molecule has 0 bridgehead atoms. The molecule has 0 saturated carbocycles. The molecule has 0 unspecified atom stereocenters. The highest BCUT2D eigenvalue weighted by molar-refractivity contribution is 7.45. The van der Waals surface area contributed by atoms with E-state index in [1.807, 2.05) is 0 Å². The molecule has 21 heavy (non-hydrogen) atoms. The number of nitrogens with one attached hydrogen (secondary N) is 4. The summed E-state index contributed by atoms with van der Waals surface area (Å²) in [6.45, 7) is -0.593. The molecular weight excluding hydrogens is 315 g/mol. The smallest absolute Gasteiger partial charge is 0.466 e. The summed E-state index contributed by atoms with van der Waals surface area (Å²) in [6, 6.07) is 0. The van der Waals surface area contributed by atoms with E-state index < -0.39 is 19.8 Å². The monoisotopic (exact) mass is 332 g/mol. The zero-order valence-electron chi connectivity index (χ0n) is 10.5. The van der Waals surface area contributed by atoms with Crippen LogP contribution < -0.4 is 22.1 Å². The van der Waals surface area contributed by atoms with E-state index in [1.165, 1.54) is 0 Å². The van der Waals surface area contributed by atoms with Gasteiger partial charge in [-0.05, 0) is 0 Å². The lowest BCUT2D eigenvalue weighted by molar-refractivity contribution is -0.136. The minimum atomic E-state index is -4.64. The van der Waals surface area contributed by atoms with Crippen LogP contribution in [-0.2, 0) is 14.2 Å². The molecule has 0 heterocycles. The number of carboxylic acid groups (broad SMARTS) is 2. The predicted octanol–water partition coefficient (Wildman–Crippen LogP) is -3.82. The van der Waals surface area contributed by atoms with Gasteiger partial charge in [-0.25, -0.2) is 4.57 Å². The third-order valence-electron chi connectivity index (χ3n) is 0.860. The van der Waals surface area contributed by atoms with Gasteiger partial charge in [0.25, 0.3) is 0 Å². The highest BCUT2D eigenvalue weighted by Crippen LogP contribution is 2.25. The van der Waals surface area contributed by atoms with Crippen LogP contribution in [0.25, 0.3) is 0 Å². The van der Waals surface area contributed by atoms with Crippen molar-refractivity contribution in [1.82, 2.24) is 10.6 Å². The van der Waals surface area contributed by atoms with Crippen molar-refractivity contribution in [2.24, 2.45) is 11.5 Å². The van der Waals surface area contributed by atoms with Gasteiger partial charge in [-0.2, -0.15) is 0 Å². The number of rotatable bonds is 4. The highest BCUT2D eigenvalue weighted by Gasteiger charge is 2.00. The van der Waals surface area contributed by atoms with Crippen LogP contribution in [0.15, 0.2) is 0 Å². The van der Waals surface area contributed by atoms with Crippen LogP contribution in [-0.4, -0.2) is 61.8 Å². The fraction of sp³-hybridized carbons (Fsp3) is 0.333. The van der Waals surface area contributed by atoms with Crippen LogP contribution in [0, 0.1) is 10.8 Å². The summed E-state index contributed by atoms with van der Waals surface area (Å²) in [5.74, 6) is -2.71. The first-order valence-corrected chi connectivity index (χ1v) is 6.19. The quantitative estimate of drug-likeness (QED) is 0.134. The van der Waals surface area contributed by atoms with Crippen LogP contribution in [0.5, 0.6) is 0 Å². The predicted molar refractivity (Wildman–Crippen MR) is 69.4 cm³/mol. The Morgan fingerprint density at radius 1 is 0.905 bits per heavy atom. The maximum Gasteiger partial charge on any atom is 0.466 e.